The molecule has 3 N–H and O–H groups in total. The highest BCUT2D eigenvalue weighted by Crippen LogP contribution is 2.44. The maximum Gasteiger partial charge on any atom is 0.170 e. The number of nitrogens with two attached hydrogens (primary N) is 1. The van der Waals surface area contributed by atoms with E-state index in [9.17, 15) is 0 Å². The fourth-order valence-corrected chi connectivity index (χ4v) is 5.08. The second-order valence-corrected chi connectivity index (χ2v) is 7.68. The van der Waals surface area contributed by atoms with Gasteiger partial charge in [-0.05, 0) is 24.0 Å². The minimum atomic E-state index is 0.527. The number of anilines is 1. The van der Waals surface area contributed by atoms with Crippen LogP contribution in [0.1, 0.15) is 10.4 Å². The molecule has 0 bridgehead atoms. The van der Waals surface area contributed by atoms with Gasteiger partial charge in [-0.2, -0.15) is 9.78 Å². The third kappa shape index (κ3) is 2.05. The first-order valence-electron chi connectivity index (χ1n) is 8.85. The number of hydrogen-bond donors (Lipinski definition) is 2. The van der Waals surface area contributed by atoms with Crippen molar-refractivity contribution in [3.63, 3.8) is 0 Å². The predicted molar refractivity (Wildman–Crippen MR) is 108 cm³/mol. The smallest absolute Gasteiger partial charge is 0.170 e. The fourth-order valence-electron chi connectivity index (χ4n) is 3.93. The van der Waals surface area contributed by atoms with E-state index in [4.69, 9.17) is 5.84 Å². The van der Waals surface area contributed by atoms with Crippen LogP contribution in [0.5, 0.6) is 0 Å². The van der Waals surface area contributed by atoms with Crippen LogP contribution in [0.2, 0.25) is 0 Å². The molecule has 136 valence electrons. The van der Waals surface area contributed by atoms with Crippen LogP contribution in [0, 0.1) is 0 Å². The lowest BCUT2D eigenvalue weighted by Crippen LogP contribution is -2.09. The highest BCUT2D eigenvalue weighted by molar-refractivity contribution is 7.19. The Morgan fingerprint density at radius 1 is 1.04 bits per heavy atom. The second-order valence-electron chi connectivity index (χ2n) is 6.60. The van der Waals surface area contributed by atoms with Gasteiger partial charge >= 0.3 is 0 Å². The molecule has 4 heterocycles. The first kappa shape index (κ1) is 15.6. The van der Waals surface area contributed by atoms with Crippen molar-refractivity contribution in [2.75, 3.05) is 5.43 Å². The molecular formula is C19H14N8S. The number of hydrazine groups is 1. The Balaban J connectivity index is 1.70. The molecule has 0 spiro atoms. The van der Waals surface area contributed by atoms with Crippen molar-refractivity contribution in [3.8, 4) is 16.9 Å². The van der Waals surface area contributed by atoms with E-state index >= 15 is 0 Å². The number of aryl methyl sites for hydroxylation is 2. The molecule has 0 saturated heterocycles. The summed E-state index contributed by atoms with van der Waals surface area (Å²) in [6, 6.07) is 8.54. The van der Waals surface area contributed by atoms with Gasteiger partial charge in [0.05, 0.1) is 17.0 Å². The minimum absolute atomic E-state index is 0.527. The summed E-state index contributed by atoms with van der Waals surface area (Å²) in [6.45, 7) is 0. The van der Waals surface area contributed by atoms with E-state index < -0.39 is 0 Å². The first-order valence-corrected chi connectivity index (χ1v) is 9.67. The number of fused-ring (bicyclic) bond motifs is 6. The van der Waals surface area contributed by atoms with Crippen LogP contribution in [0.25, 0.3) is 38.2 Å². The largest absolute Gasteiger partial charge is 0.308 e. The van der Waals surface area contributed by atoms with E-state index in [2.05, 4.69) is 54.7 Å². The Morgan fingerprint density at radius 3 is 2.86 bits per heavy atom. The molecule has 8 nitrogen and oxygen atoms in total. The molecule has 1 aromatic carbocycles. The first-order chi connectivity index (χ1) is 13.8. The number of nitrogens with zero attached hydrogens (tertiary/aromatic N) is 6. The molecule has 0 saturated carbocycles. The van der Waals surface area contributed by atoms with Gasteiger partial charge in [0, 0.05) is 10.4 Å². The SMILES string of the molecule is NNc1ncnc2c1cnn2-c1ncnc2sc3c(c12)-c1ccccc1CC3. The van der Waals surface area contributed by atoms with E-state index in [1.807, 2.05) is 0 Å². The summed E-state index contributed by atoms with van der Waals surface area (Å²) in [6.07, 6.45) is 6.80. The summed E-state index contributed by atoms with van der Waals surface area (Å²) in [7, 11) is 0. The molecule has 0 fully saturated rings. The van der Waals surface area contributed by atoms with E-state index in [1.165, 1.54) is 27.9 Å². The van der Waals surface area contributed by atoms with Crippen LogP contribution in [0.4, 0.5) is 5.82 Å². The van der Waals surface area contributed by atoms with Gasteiger partial charge in [0.25, 0.3) is 0 Å². The molecule has 1 aliphatic carbocycles. The van der Waals surface area contributed by atoms with Crippen molar-refractivity contribution >= 4 is 38.4 Å². The molecule has 0 aliphatic heterocycles. The number of nitrogens with one attached hydrogen (secondary N) is 1. The van der Waals surface area contributed by atoms with Crippen molar-refractivity contribution in [2.45, 2.75) is 12.8 Å². The average molecular weight is 386 g/mol. The van der Waals surface area contributed by atoms with Crippen LogP contribution < -0.4 is 11.3 Å². The summed E-state index contributed by atoms with van der Waals surface area (Å²) >= 11 is 1.73. The lowest BCUT2D eigenvalue weighted by atomic mass is 9.89. The van der Waals surface area contributed by atoms with Crippen molar-refractivity contribution in [1.82, 2.24) is 29.7 Å². The highest BCUT2D eigenvalue weighted by Gasteiger charge is 2.25. The second kappa shape index (κ2) is 5.78. The predicted octanol–water partition coefficient (Wildman–Crippen LogP) is 2.87. The van der Waals surface area contributed by atoms with Crippen LogP contribution in [-0.2, 0) is 12.8 Å². The Labute approximate surface area is 163 Å². The molecule has 9 heteroatoms. The zero-order valence-electron chi connectivity index (χ0n) is 14.6. The van der Waals surface area contributed by atoms with Crippen molar-refractivity contribution in [3.05, 3.63) is 53.6 Å². The zero-order chi connectivity index (χ0) is 18.7. The molecule has 6 rings (SSSR count). The van der Waals surface area contributed by atoms with Gasteiger partial charge in [0.1, 0.15) is 17.5 Å². The van der Waals surface area contributed by atoms with E-state index in [1.54, 1.807) is 28.5 Å². The normalized spacial score (nSPS) is 12.9. The quantitative estimate of drug-likeness (QED) is 0.355. The highest BCUT2D eigenvalue weighted by atomic mass is 32.1. The lowest BCUT2D eigenvalue weighted by molar-refractivity contribution is 0.865. The Bertz CT molecular complexity index is 1370. The van der Waals surface area contributed by atoms with Gasteiger partial charge in [-0.3, -0.25) is 0 Å². The summed E-state index contributed by atoms with van der Waals surface area (Å²) in [4.78, 5) is 20.0. The Hall–Kier alpha value is -3.43. The van der Waals surface area contributed by atoms with Gasteiger partial charge in [-0.15, -0.1) is 11.3 Å². The molecule has 4 aromatic heterocycles. The van der Waals surface area contributed by atoms with Crippen molar-refractivity contribution < 1.29 is 0 Å². The maximum absolute atomic E-state index is 5.58. The molecule has 0 unspecified atom stereocenters. The minimum Gasteiger partial charge on any atom is -0.308 e. The number of benzene rings is 1. The summed E-state index contributed by atoms with van der Waals surface area (Å²) < 4.78 is 1.74. The van der Waals surface area contributed by atoms with Crippen LogP contribution in [0.15, 0.2) is 43.1 Å². The molecule has 0 radical (unpaired) electrons. The van der Waals surface area contributed by atoms with Gasteiger partial charge in [0.15, 0.2) is 17.3 Å². The van der Waals surface area contributed by atoms with E-state index in [0.717, 1.165) is 34.3 Å². The Kier molecular flexibility index (Phi) is 3.22. The van der Waals surface area contributed by atoms with Crippen LogP contribution in [0.3, 0.4) is 0 Å². The molecule has 28 heavy (non-hydrogen) atoms. The number of aromatic nitrogens is 6. The van der Waals surface area contributed by atoms with Crippen molar-refractivity contribution in [2.24, 2.45) is 5.84 Å². The lowest BCUT2D eigenvalue weighted by Gasteiger charge is -2.17. The number of hydrogen-bond acceptors (Lipinski definition) is 8. The van der Waals surface area contributed by atoms with E-state index in [-0.39, 0.29) is 0 Å². The topological polar surface area (TPSA) is 107 Å². The number of rotatable bonds is 2. The molecule has 1 aliphatic rings. The fraction of sp³-hybridized carbons (Fsp3) is 0.105. The molecule has 0 amide bonds. The van der Waals surface area contributed by atoms with Crippen LogP contribution in [-0.4, -0.2) is 29.7 Å². The third-order valence-corrected chi connectivity index (χ3v) is 6.31. The van der Waals surface area contributed by atoms with Gasteiger partial charge in [0.2, 0.25) is 0 Å². The summed E-state index contributed by atoms with van der Waals surface area (Å²) in [5.41, 5.74) is 7.06. The molecular weight excluding hydrogens is 372 g/mol. The van der Waals surface area contributed by atoms with E-state index in [0.29, 0.717) is 11.5 Å². The average Bonchev–Trinajstić information content (AvgIpc) is 3.35. The van der Waals surface area contributed by atoms with Gasteiger partial charge in [-0.25, -0.2) is 25.8 Å². The number of thiophene rings is 1. The summed E-state index contributed by atoms with van der Waals surface area (Å²) in [5.74, 6) is 6.83. The summed E-state index contributed by atoms with van der Waals surface area (Å²) in [5, 5.41) is 6.29. The third-order valence-electron chi connectivity index (χ3n) is 5.15. The van der Waals surface area contributed by atoms with Gasteiger partial charge < -0.3 is 5.43 Å². The van der Waals surface area contributed by atoms with Crippen LogP contribution >= 0.6 is 11.3 Å². The number of nitrogen functional groups attached to an aromatic ring is 1. The molecule has 5 aromatic rings. The molecule has 0 atom stereocenters. The maximum atomic E-state index is 5.58. The van der Waals surface area contributed by atoms with Gasteiger partial charge in [-0.1, -0.05) is 24.3 Å². The zero-order valence-corrected chi connectivity index (χ0v) is 15.4. The monoisotopic (exact) mass is 386 g/mol. The Morgan fingerprint density at radius 2 is 1.93 bits per heavy atom. The van der Waals surface area contributed by atoms with Crippen molar-refractivity contribution in [1.29, 1.82) is 0 Å². The standard InChI is InChI=1S/C19H14N8S/c20-26-16-12-7-25-27(17(12)22-8-21-16)18-15-14-11-4-2-1-3-10(11)5-6-13(14)28-19(15)24-9-23-18/h1-4,7-9H,5-6,20H2,(H,21,22,26).